The Morgan fingerprint density at radius 1 is 1.04 bits per heavy atom. The molecule has 1 aliphatic heterocycles. The van der Waals surface area contributed by atoms with Crippen LogP contribution in [0.5, 0.6) is 0 Å². The number of nitrogens with one attached hydrogen (secondary N) is 1. The lowest BCUT2D eigenvalue weighted by atomic mass is 10.2. The van der Waals surface area contributed by atoms with Crippen LogP contribution < -0.4 is 5.32 Å². The zero-order valence-corrected chi connectivity index (χ0v) is 15.7. The van der Waals surface area contributed by atoms with Gasteiger partial charge in [0.15, 0.2) is 11.6 Å². The molecule has 3 rings (SSSR count). The Kier molecular flexibility index (Phi) is 5.61. The van der Waals surface area contributed by atoms with Gasteiger partial charge < -0.3 is 9.88 Å². The van der Waals surface area contributed by atoms with Crippen molar-refractivity contribution >= 4 is 21.6 Å². The largest absolute Gasteiger partial charge is 0.345 e. The SMILES string of the molecule is Cn1cc(S(=O)(=O)N2CCCCCC2)cc1C(=O)Nc1ccc(F)c(F)c1. The van der Waals surface area contributed by atoms with E-state index in [2.05, 4.69) is 5.32 Å². The second kappa shape index (κ2) is 7.77. The fourth-order valence-electron chi connectivity index (χ4n) is 3.10. The van der Waals surface area contributed by atoms with Crippen molar-refractivity contribution in [3.8, 4) is 0 Å². The Hall–Kier alpha value is -2.26. The van der Waals surface area contributed by atoms with Crippen molar-refractivity contribution < 1.29 is 22.0 Å². The highest BCUT2D eigenvalue weighted by atomic mass is 32.2. The first kappa shape index (κ1) is 19.5. The molecule has 1 amide bonds. The number of rotatable bonds is 4. The summed E-state index contributed by atoms with van der Waals surface area (Å²) in [7, 11) is -2.13. The molecule has 0 saturated carbocycles. The van der Waals surface area contributed by atoms with Crippen LogP contribution in [0, 0.1) is 11.6 Å². The number of hydrogen-bond acceptors (Lipinski definition) is 3. The maximum absolute atomic E-state index is 13.3. The lowest BCUT2D eigenvalue weighted by Gasteiger charge is -2.18. The number of sulfonamides is 1. The minimum Gasteiger partial charge on any atom is -0.345 e. The number of anilines is 1. The fourth-order valence-corrected chi connectivity index (χ4v) is 4.69. The summed E-state index contributed by atoms with van der Waals surface area (Å²) in [6, 6.07) is 4.31. The number of nitrogens with zero attached hydrogens (tertiary/aromatic N) is 2. The molecule has 1 fully saturated rings. The van der Waals surface area contributed by atoms with Crippen molar-refractivity contribution in [2.75, 3.05) is 18.4 Å². The van der Waals surface area contributed by atoms with E-state index in [9.17, 15) is 22.0 Å². The van der Waals surface area contributed by atoms with E-state index in [1.165, 1.54) is 27.2 Å². The van der Waals surface area contributed by atoms with Crippen molar-refractivity contribution in [3.63, 3.8) is 0 Å². The smallest absolute Gasteiger partial charge is 0.272 e. The Balaban J connectivity index is 1.82. The van der Waals surface area contributed by atoms with Gasteiger partial charge in [0.05, 0.1) is 0 Å². The van der Waals surface area contributed by atoms with Crippen LogP contribution in [0.2, 0.25) is 0 Å². The van der Waals surface area contributed by atoms with Gasteiger partial charge in [-0.2, -0.15) is 4.31 Å². The second-order valence-corrected chi connectivity index (χ2v) is 8.51. The number of carbonyl (C=O) groups is 1. The van der Waals surface area contributed by atoms with E-state index >= 15 is 0 Å². The number of carbonyl (C=O) groups excluding carboxylic acids is 1. The van der Waals surface area contributed by atoms with Crippen LogP contribution in [0.1, 0.15) is 36.2 Å². The standard InChI is InChI=1S/C18H21F2N3O3S/c1-22-12-14(27(25,26)23-8-4-2-3-5-9-23)11-17(22)18(24)21-13-6-7-15(19)16(20)10-13/h6-7,10-12H,2-5,8-9H2,1H3,(H,21,24). The third kappa shape index (κ3) is 4.19. The molecule has 0 unspecified atom stereocenters. The summed E-state index contributed by atoms with van der Waals surface area (Å²) >= 11 is 0. The molecule has 0 aliphatic carbocycles. The average Bonchev–Trinajstić information content (AvgIpc) is 2.83. The van der Waals surface area contributed by atoms with Crippen molar-refractivity contribution in [3.05, 3.63) is 47.8 Å². The van der Waals surface area contributed by atoms with E-state index in [-0.39, 0.29) is 16.3 Å². The molecule has 1 aromatic carbocycles. The van der Waals surface area contributed by atoms with Crippen LogP contribution in [0.25, 0.3) is 0 Å². The molecular formula is C18H21F2N3O3S. The third-order valence-electron chi connectivity index (χ3n) is 4.59. The van der Waals surface area contributed by atoms with Crippen molar-refractivity contribution in [2.45, 2.75) is 30.6 Å². The molecule has 27 heavy (non-hydrogen) atoms. The summed E-state index contributed by atoms with van der Waals surface area (Å²) in [5.41, 5.74) is 0.185. The highest BCUT2D eigenvalue weighted by Crippen LogP contribution is 2.23. The minimum atomic E-state index is -3.68. The van der Waals surface area contributed by atoms with E-state index in [0.717, 1.165) is 37.8 Å². The van der Waals surface area contributed by atoms with E-state index in [0.29, 0.717) is 13.1 Å². The molecular weight excluding hydrogens is 376 g/mol. The van der Waals surface area contributed by atoms with Gasteiger partial charge in [0.1, 0.15) is 10.6 Å². The Labute approximate surface area is 156 Å². The van der Waals surface area contributed by atoms with Gasteiger partial charge in [-0.05, 0) is 31.0 Å². The first-order valence-electron chi connectivity index (χ1n) is 8.72. The van der Waals surface area contributed by atoms with E-state index < -0.39 is 27.6 Å². The quantitative estimate of drug-likeness (QED) is 0.862. The molecule has 1 N–H and O–H groups in total. The number of aryl methyl sites for hydroxylation is 1. The average molecular weight is 397 g/mol. The number of aromatic nitrogens is 1. The Morgan fingerprint density at radius 2 is 1.70 bits per heavy atom. The summed E-state index contributed by atoms with van der Waals surface area (Å²) in [5, 5.41) is 2.45. The highest BCUT2D eigenvalue weighted by molar-refractivity contribution is 7.89. The molecule has 0 radical (unpaired) electrons. The lowest BCUT2D eigenvalue weighted by Crippen LogP contribution is -2.31. The van der Waals surface area contributed by atoms with E-state index in [1.807, 2.05) is 0 Å². The number of benzene rings is 1. The molecule has 1 aliphatic rings. The van der Waals surface area contributed by atoms with Crippen LogP contribution >= 0.6 is 0 Å². The Bertz CT molecular complexity index is 949. The highest BCUT2D eigenvalue weighted by Gasteiger charge is 2.28. The van der Waals surface area contributed by atoms with Crippen LogP contribution in [0.4, 0.5) is 14.5 Å². The maximum Gasteiger partial charge on any atom is 0.272 e. The zero-order chi connectivity index (χ0) is 19.6. The van der Waals surface area contributed by atoms with E-state index in [4.69, 9.17) is 0 Å². The van der Waals surface area contributed by atoms with Crippen LogP contribution in [-0.4, -0.2) is 36.3 Å². The van der Waals surface area contributed by atoms with Gasteiger partial charge in [0.2, 0.25) is 10.0 Å². The van der Waals surface area contributed by atoms with Gasteiger partial charge in [-0.1, -0.05) is 12.8 Å². The molecule has 0 bridgehead atoms. The maximum atomic E-state index is 13.3. The summed E-state index contributed by atoms with van der Waals surface area (Å²) in [4.78, 5) is 12.5. The van der Waals surface area contributed by atoms with Crippen molar-refractivity contribution in [1.82, 2.24) is 8.87 Å². The summed E-state index contributed by atoms with van der Waals surface area (Å²) in [5.74, 6) is -2.71. The van der Waals surface area contributed by atoms with Crippen molar-refractivity contribution in [2.24, 2.45) is 7.05 Å². The molecule has 0 atom stereocenters. The molecule has 1 aromatic heterocycles. The molecule has 2 heterocycles. The van der Waals surface area contributed by atoms with Gasteiger partial charge in [-0.3, -0.25) is 4.79 Å². The second-order valence-electron chi connectivity index (χ2n) is 6.57. The number of amides is 1. The molecule has 2 aromatic rings. The summed E-state index contributed by atoms with van der Waals surface area (Å²) in [6.45, 7) is 0.932. The summed E-state index contributed by atoms with van der Waals surface area (Å²) in [6.07, 6.45) is 5.02. The molecule has 0 spiro atoms. The lowest BCUT2D eigenvalue weighted by molar-refractivity contribution is 0.101. The van der Waals surface area contributed by atoms with Gasteiger partial charge in [-0.25, -0.2) is 17.2 Å². The van der Waals surface area contributed by atoms with Crippen LogP contribution in [0.3, 0.4) is 0 Å². The molecule has 6 nitrogen and oxygen atoms in total. The molecule has 1 saturated heterocycles. The number of hydrogen-bond donors (Lipinski definition) is 1. The Morgan fingerprint density at radius 3 is 2.33 bits per heavy atom. The minimum absolute atomic E-state index is 0.0438. The molecule has 146 valence electrons. The van der Waals surface area contributed by atoms with Gasteiger partial charge in [0.25, 0.3) is 5.91 Å². The predicted molar refractivity (Wildman–Crippen MR) is 97.0 cm³/mol. The monoisotopic (exact) mass is 397 g/mol. The topological polar surface area (TPSA) is 71.4 Å². The van der Waals surface area contributed by atoms with Crippen LogP contribution in [0.15, 0.2) is 35.4 Å². The third-order valence-corrected chi connectivity index (χ3v) is 6.46. The van der Waals surface area contributed by atoms with Gasteiger partial charge in [0, 0.05) is 38.1 Å². The van der Waals surface area contributed by atoms with Gasteiger partial charge in [-0.15, -0.1) is 0 Å². The van der Waals surface area contributed by atoms with Gasteiger partial charge >= 0.3 is 0 Å². The predicted octanol–water partition coefficient (Wildman–Crippen LogP) is 3.12. The normalized spacial score (nSPS) is 16.1. The van der Waals surface area contributed by atoms with Crippen LogP contribution in [-0.2, 0) is 17.1 Å². The fraction of sp³-hybridized carbons (Fsp3) is 0.389. The summed E-state index contributed by atoms with van der Waals surface area (Å²) < 4.78 is 54.9. The first-order chi connectivity index (χ1) is 12.8. The van der Waals surface area contributed by atoms with E-state index in [1.54, 1.807) is 7.05 Å². The molecule has 9 heteroatoms. The van der Waals surface area contributed by atoms with Crippen molar-refractivity contribution in [1.29, 1.82) is 0 Å². The number of halogens is 2. The first-order valence-corrected chi connectivity index (χ1v) is 10.2. The zero-order valence-electron chi connectivity index (χ0n) is 14.9.